The minimum atomic E-state index is -0.0137. The monoisotopic (exact) mass is 297 g/mol. The van der Waals surface area contributed by atoms with Crippen LogP contribution in [0, 0.1) is 18.3 Å². The number of nitrogens with zero attached hydrogens (tertiary/aromatic N) is 3. The molecule has 1 saturated carbocycles. The Morgan fingerprint density at radius 2 is 2.33 bits per heavy atom. The Kier molecular flexibility index (Phi) is 3.72. The number of carbonyl (C=O) groups is 1. The predicted molar refractivity (Wildman–Crippen MR) is 80.9 cm³/mol. The Balaban J connectivity index is 1.83. The van der Waals surface area contributed by atoms with Crippen molar-refractivity contribution in [3.8, 4) is 6.07 Å². The van der Waals surface area contributed by atoms with Crippen LogP contribution in [-0.2, 0) is 6.54 Å². The molecule has 1 aliphatic carbocycles. The lowest BCUT2D eigenvalue weighted by Gasteiger charge is -2.21. The first-order valence-electron chi connectivity index (χ1n) is 6.89. The molecule has 0 atom stereocenters. The topological polar surface area (TPSA) is 57.0 Å². The molecule has 21 heavy (non-hydrogen) atoms. The second kappa shape index (κ2) is 5.66. The van der Waals surface area contributed by atoms with E-state index in [1.54, 1.807) is 35.6 Å². The van der Waals surface area contributed by atoms with Gasteiger partial charge in [-0.05, 0) is 38.0 Å². The van der Waals surface area contributed by atoms with E-state index < -0.39 is 0 Å². The number of hydrogen-bond donors (Lipinski definition) is 0. The van der Waals surface area contributed by atoms with E-state index in [0.717, 1.165) is 23.5 Å². The average Bonchev–Trinajstić information content (AvgIpc) is 3.27. The highest BCUT2D eigenvalue weighted by molar-refractivity contribution is 7.09. The van der Waals surface area contributed by atoms with Crippen LogP contribution < -0.4 is 0 Å². The van der Waals surface area contributed by atoms with Gasteiger partial charge in [0.2, 0.25) is 0 Å². The van der Waals surface area contributed by atoms with Gasteiger partial charge in [0.05, 0.1) is 28.9 Å². The summed E-state index contributed by atoms with van der Waals surface area (Å²) in [4.78, 5) is 19.0. The molecule has 0 bridgehead atoms. The standard InChI is InChI=1S/C16H15N3OS/c1-11-18-14(10-21-11)9-19(15-5-6-15)16(20)13-4-2-3-12(7-13)8-17/h2-4,7,10,15H,5-6,9H2,1H3. The van der Waals surface area contributed by atoms with Gasteiger partial charge in [-0.25, -0.2) is 4.98 Å². The van der Waals surface area contributed by atoms with E-state index in [4.69, 9.17) is 5.26 Å². The second-order valence-electron chi connectivity index (χ2n) is 5.21. The summed E-state index contributed by atoms with van der Waals surface area (Å²) in [7, 11) is 0. The molecule has 0 saturated heterocycles. The van der Waals surface area contributed by atoms with E-state index in [1.165, 1.54) is 0 Å². The fourth-order valence-corrected chi connectivity index (χ4v) is 2.90. The normalized spacial score (nSPS) is 13.7. The van der Waals surface area contributed by atoms with Crippen LogP contribution in [0.25, 0.3) is 0 Å². The lowest BCUT2D eigenvalue weighted by atomic mass is 10.1. The summed E-state index contributed by atoms with van der Waals surface area (Å²) in [5, 5.41) is 12.0. The van der Waals surface area contributed by atoms with Crippen LogP contribution in [0.15, 0.2) is 29.6 Å². The van der Waals surface area contributed by atoms with E-state index in [0.29, 0.717) is 23.7 Å². The Morgan fingerprint density at radius 1 is 1.52 bits per heavy atom. The molecule has 5 heteroatoms. The van der Waals surface area contributed by atoms with Crippen molar-refractivity contribution in [1.29, 1.82) is 5.26 Å². The van der Waals surface area contributed by atoms with Crippen LogP contribution in [0.5, 0.6) is 0 Å². The molecular formula is C16H15N3OS. The number of thiazole rings is 1. The lowest BCUT2D eigenvalue weighted by molar-refractivity contribution is 0.0728. The molecule has 1 aromatic carbocycles. The number of nitriles is 1. The number of benzene rings is 1. The van der Waals surface area contributed by atoms with Gasteiger partial charge < -0.3 is 4.90 Å². The largest absolute Gasteiger partial charge is 0.330 e. The molecule has 0 spiro atoms. The van der Waals surface area contributed by atoms with Crippen LogP contribution in [-0.4, -0.2) is 21.8 Å². The lowest BCUT2D eigenvalue weighted by Crippen LogP contribution is -2.32. The van der Waals surface area contributed by atoms with Crippen LogP contribution in [0.3, 0.4) is 0 Å². The first-order chi connectivity index (χ1) is 10.2. The molecule has 1 fully saturated rings. The van der Waals surface area contributed by atoms with Crippen molar-refractivity contribution in [2.75, 3.05) is 0 Å². The summed E-state index contributed by atoms with van der Waals surface area (Å²) in [6.07, 6.45) is 2.10. The van der Waals surface area contributed by atoms with E-state index in [9.17, 15) is 4.79 Å². The van der Waals surface area contributed by atoms with Crippen LogP contribution in [0.2, 0.25) is 0 Å². The number of aromatic nitrogens is 1. The number of aryl methyl sites for hydroxylation is 1. The molecule has 3 rings (SSSR count). The molecule has 1 aliphatic rings. The summed E-state index contributed by atoms with van der Waals surface area (Å²) < 4.78 is 0. The van der Waals surface area contributed by atoms with E-state index in [-0.39, 0.29) is 5.91 Å². The molecule has 2 aromatic rings. The smallest absolute Gasteiger partial charge is 0.254 e. The highest BCUT2D eigenvalue weighted by atomic mass is 32.1. The minimum Gasteiger partial charge on any atom is -0.330 e. The van der Waals surface area contributed by atoms with Gasteiger partial charge in [0.15, 0.2) is 0 Å². The van der Waals surface area contributed by atoms with E-state index in [1.807, 2.05) is 17.2 Å². The van der Waals surface area contributed by atoms with Crippen molar-refractivity contribution in [2.45, 2.75) is 32.4 Å². The minimum absolute atomic E-state index is 0.0137. The second-order valence-corrected chi connectivity index (χ2v) is 6.28. The van der Waals surface area contributed by atoms with Crippen LogP contribution in [0.4, 0.5) is 0 Å². The highest BCUT2D eigenvalue weighted by Gasteiger charge is 2.33. The van der Waals surface area contributed by atoms with Gasteiger partial charge in [-0.3, -0.25) is 4.79 Å². The number of amides is 1. The van der Waals surface area contributed by atoms with Gasteiger partial charge in [0, 0.05) is 17.0 Å². The Labute approximate surface area is 127 Å². The zero-order valence-electron chi connectivity index (χ0n) is 11.7. The Morgan fingerprint density at radius 3 is 2.95 bits per heavy atom. The van der Waals surface area contributed by atoms with Crippen LogP contribution in [0.1, 0.15) is 39.5 Å². The first kappa shape index (κ1) is 13.8. The summed E-state index contributed by atoms with van der Waals surface area (Å²) in [6.45, 7) is 2.51. The zero-order chi connectivity index (χ0) is 14.8. The molecule has 1 aromatic heterocycles. The molecule has 0 aliphatic heterocycles. The van der Waals surface area contributed by atoms with Gasteiger partial charge in [-0.1, -0.05) is 6.07 Å². The number of carbonyl (C=O) groups excluding carboxylic acids is 1. The SMILES string of the molecule is Cc1nc(CN(C(=O)c2cccc(C#N)c2)C2CC2)cs1. The summed E-state index contributed by atoms with van der Waals surface area (Å²) in [5.74, 6) is -0.0137. The Bertz CT molecular complexity index is 712. The third-order valence-electron chi connectivity index (χ3n) is 3.49. The van der Waals surface area contributed by atoms with Crippen LogP contribution >= 0.6 is 11.3 Å². The highest BCUT2D eigenvalue weighted by Crippen LogP contribution is 2.30. The number of rotatable bonds is 4. The third-order valence-corrected chi connectivity index (χ3v) is 4.31. The van der Waals surface area contributed by atoms with Crippen molar-refractivity contribution in [1.82, 2.24) is 9.88 Å². The van der Waals surface area contributed by atoms with E-state index in [2.05, 4.69) is 11.1 Å². The average molecular weight is 297 g/mol. The molecule has 0 unspecified atom stereocenters. The molecule has 1 amide bonds. The van der Waals surface area contributed by atoms with Gasteiger partial charge in [-0.15, -0.1) is 11.3 Å². The van der Waals surface area contributed by atoms with Crippen molar-refractivity contribution in [2.24, 2.45) is 0 Å². The third kappa shape index (κ3) is 3.11. The first-order valence-corrected chi connectivity index (χ1v) is 7.77. The predicted octanol–water partition coefficient (Wildman–Crippen LogP) is 3.13. The van der Waals surface area contributed by atoms with Gasteiger partial charge in [0.25, 0.3) is 5.91 Å². The maximum atomic E-state index is 12.7. The zero-order valence-corrected chi connectivity index (χ0v) is 12.6. The van der Waals surface area contributed by atoms with E-state index >= 15 is 0 Å². The molecule has 4 nitrogen and oxygen atoms in total. The maximum Gasteiger partial charge on any atom is 0.254 e. The summed E-state index contributed by atoms with van der Waals surface area (Å²) in [5.41, 5.74) is 2.03. The van der Waals surface area contributed by atoms with Crippen molar-refractivity contribution < 1.29 is 4.79 Å². The fraction of sp³-hybridized carbons (Fsp3) is 0.312. The van der Waals surface area contributed by atoms with Crippen molar-refractivity contribution in [3.05, 3.63) is 51.5 Å². The fourth-order valence-electron chi connectivity index (χ4n) is 2.30. The summed E-state index contributed by atoms with van der Waals surface area (Å²) in [6, 6.07) is 9.28. The van der Waals surface area contributed by atoms with Gasteiger partial charge >= 0.3 is 0 Å². The van der Waals surface area contributed by atoms with Crippen molar-refractivity contribution in [3.63, 3.8) is 0 Å². The maximum absolute atomic E-state index is 12.7. The molecular weight excluding hydrogens is 282 g/mol. The van der Waals surface area contributed by atoms with Gasteiger partial charge in [-0.2, -0.15) is 5.26 Å². The molecule has 106 valence electrons. The summed E-state index contributed by atoms with van der Waals surface area (Å²) >= 11 is 1.60. The quantitative estimate of drug-likeness (QED) is 0.871. The molecule has 0 N–H and O–H groups in total. The molecule has 0 radical (unpaired) electrons. The molecule has 1 heterocycles. The van der Waals surface area contributed by atoms with Crippen molar-refractivity contribution >= 4 is 17.2 Å². The number of hydrogen-bond acceptors (Lipinski definition) is 4. The van der Waals surface area contributed by atoms with Gasteiger partial charge in [0.1, 0.15) is 0 Å². The Hall–Kier alpha value is -2.19.